The Hall–Kier alpha value is -2.90. The van der Waals surface area contributed by atoms with Crippen molar-refractivity contribution in [1.82, 2.24) is 19.9 Å². The smallest absolute Gasteiger partial charge is 0.164 e. The minimum Gasteiger partial charge on any atom is -0.260 e. The van der Waals surface area contributed by atoms with E-state index in [4.69, 9.17) is 0 Å². The average Bonchev–Trinajstić information content (AvgIpc) is 2.47. The van der Waals surface area contributed by atoms with Crippen LogP contribution in [0.5, 0.6) is 0 Å². The number of hydrogen-bond donors (Lipinski definition) is 2. The van der Waals surface area contributed by atoms with Crippen molar-refractivity contribution in [2.24, 2.45) is 10.2 Å². The monoisotopic (exact) mass is 256 g/mol. The first kappa shape index (κ1) is 12.6. The molecule has 0 radical (unpaired) electrons. The van der Waals surface area contributed by atoms with Crippen LogP contribution < -0.4 is 10.9 Å². The minimum atomic E-state index is 0.563. The topological polar surface area (TPSA) is 100 Å². The highest BCUT2D eigenvalue weighted by Crippen LogP contribution is 1.97. The van der Waals surface area contributed by atoms with Crippen LogP contribution in [-0.4, -0.2) is 31.9 Å². The fourth-order valence-corrected chi connectivity index (χ4v) is 1.08. The van der Waals surface area contributed by atoms with Crippen molar-refractivity contribution in [1.29, 1.82) is 0 Å². The van der Waals surface area contributed by atoms with Gasteiger partial charge in [-0.25, -0.2) is 9.97 Å². The van der Waals surface area contributed by atoms with Crippen molar-refractivity contribution in [2.75, 3.05) is 10.9 Å². The van der Waals surface area contributed by atoms with Crippen LogP contribution >= 0.6 is 0 Å². The quantitative estimate of drug-likeness (QED) is 0.615. The summed E-state index contributed by atoms with van der Waals surface area (Å²) < 4.78 is 0. The second-order valence-corrected chi connectivity index (χ2v) is 3.42. The zero-order valence-corrected chi connectivity index (χ0v) is 10.2. The Morgan fingerprint density at radius 1 is 1.00 bits per heavy atom. The lowest BCUT2D eigenvalue weighted by atomic mass is 10.5. The maximum absolute atomic E-state index is 4.06. The Balaban J connectivity index is 1.85. The first-order valence-corrected chi connectivity index (χ1v) is 5.46. The Morgan fingerprint density at radius 2 is 1.63 bits per heavy atom. The van der Waals surface area contributed by atoms with E-state index in [1.807, 2.05) is 0 Å². The molecular formula is C11H12N8. The van der Waals surface area contributed by atoms with Gasteiger partial charge in [0.15, 0.2) is 11.6 Å². The molecule has 0 spiro atoms. The van der Waals surface area contributed by atoms with Crippen molar-refractivity contribution in [3.8, 4) is 0 Å². The number of nitrogens with zero attached hydrogens (tertiary/aromatic N) is 6. The van der Waals surface area contributed by atoms with Crippen LogP contribution in [0, 0.1) is 0 Å². The third-order valence-electron chi connectivity index (χ3n) is 1.90. The summed E-state index contributed by atoms with van der Waals surface area (Å²) in [6.45, 7) is 1.80. The van der Waals surface area contributed by atoms with Gasteiger partial charge in [0, 0.05) is 24.8 Å². The van der Waals surface area contributed by atoms with E-state index in [1.54, 1.807) is 50.3 Å². The van der Waals surface area contributed by atoms with E-state index in [9.17, 15) is 0 Å². The predicted molar refractivity (Wildman–Crippen MR) is 72.9 cm³/mol. The van der Waals surface area contributed by atoms with E-state index < -0.39 is 0 Å². The van der Waals surface area contributed by atoms with E-state index in [0.29, 0.717) is 17.3 Å². The highest BCUT2D eigenvalue weighted by molar-refractivity contribution is 6.29. The third kappa shape index (κ3) is 4.46. The summed E-state index contributed by atoms with van der Waals surface area (Å²) in [5.41, 5.74) is 6.16. The molecule has 0 aliphatic heterocycles. The molecule has 8 nitrogen and oxygen atoms in total. The molecular weight excluding hydrogens is 244 g/mol. The standard InChI is InChI=1S/C11H12N8/c1-9(17-19-11-8-13-3-5-15-11)6-16-18-10-7-12-2-4-14-10/h2-8H,1H3,(H,14,18)(H,15,19)/b16-6+,17-9+. The molecule has 0 atom stereocenters. The summed E-state index contributed by atoms with van der Waals surface area (Å²) in [6, 6.07) is 0. The molecule has 0 aromatic carbocycles. The van der Waals surface area contributed by atoms with Crippen LogP contribution in [0.15, 0.2) is 47.4 Å². The Morgan fingerprint density at radius 3 is 2.21 bits per heavy atom. The SMILES string of the molecule is CC(/C=N/Nc1cnccn1)=N\Nc1cnccn1. The molecule has 2 aromatic heterocycles. The molecule has 19 heavy (non-hydrogen) atoms. The lowest BCUT2D eigenvalue weighted by Crippen LogP contribution is -2.02. The van der Waals surface area contributed by atoms with Gasteiger partial charge in [0.1, 0.15) is 0 Å². The Kier molecular flexibility index (Phi) is 4.46. The van der Waals surface area contributed by atoms with E-state index >= 15 is 0 Å². The largest absolute Gasteiger partial charge is 0.260 e. The lowest BCUT2D eigenvalue weighted by Gasteiger charge is -1.98. The number of rotatable bonds is 5. The predicted octanol–water partition coefficient (Wildman–Crippen LogP) is 1.15. The van der Waals surface area contributed by atoms with Gasteiger partial charge in [-0.15, -0.1) is 0 Å². The van der Waals surface area contributed by atoms with Crippen molar-refractivity contribution in [2.45, 2.75) is 6.92 Å². The van der Waals surface area contributed by atoms with Crippen molar-refractivity contribution in [3.05, 3.63) is 37.2 Å². The molecule has 96 valence electrons. The van der Waals surface area contributed by atoms with Crippen LogP contribution in [0.3, 0.4) is 0 Å². The zero-order chi connectivity index (χ0) is 13.3. The summed E-state index contributed by atoms with van der Waals surface area (Å²) in [5.74, 6) is 1.13. The second-order valence-electron chi connectivity index (χ2n) is 3.42. The van der Waals surface area contributed by atoms with Gasteiger partial charge in [-0.2, -0.15) is 10.2 Å². The summed E-state index contributed by atoms with van der Waals surface area (Å²) in [4.78, 5) is 15.8. The van der Waals surface area contributed by atoms with E-state index in [1.165, 1.54) is 0 Å². The van der Waals surface area contributed by atoms with Gasteiger partial charge >= 0.3 is 0 Å². The van der Waals surface area contributed by atoms with Crippen LogP contribution in [0.4, 0.5) is 11.6 Å². The van der Waals surface area contributed by atoms with Gasteiger partial charge in [-0.1, -0.05) is 0 Å². The zero-order valence-electron chi connectivity index (χ0n) is 10.2. The van der Waals surface area contributed by atoms with Gasteiger partial charge in [-0.05, 0) is 6.92 Å². The molecule has 2 N–H and O–H groups in total. The molecule has 0 saturated heterocycles. The van der Waals surface area contributed by atoms with Crippen LogP contribution in [0.1, 0.15) is 6.92 Å². The maximum Gasteiger partial charge on any atom is 0.164 e. The molecule has 0 amide bonds. The first-order valence-electron chi connectivity index (χ1n) is 5.46. The van der Waals surface area contributed by atoms with Gasteiger partial charge in [-0.3, -0.25) is 20.8 Å². The van der Waals surface area contributed by atoms with Crippen molar-refractivity contribution in [3.63, 3.8) is 0 Å². The molecule has 2 heterocycles. The molecule has 0 aliphatic rings. The Labute approximate surface area is 109 Å². The molecule has 8 heteroatoms. The summed E-state index contributed by atoms with van der Waals surface area (Å²) in [5, 5.41) is 8.03. The summed E-state index contributed by atoms with van der Waals surface area (Å²) in [6.07, 6.45) is 11.0. The second kappa shape index (κ2) is 6.74. The molecule has 2 rings (SSSR count). The Bertz CT molecular complexity index is 551. The summed E-state index contributed by atoms with van der Waals surface area (Å²) in [7, 11) is 0. The maximum atomic E-state index is 4.06. The van der Waals surface area contributed by atoms with E-state index in [2.05, 4.69) is 41.0 Å². The van der Waals surface area contributed by atoms with Crippen LogP contribution in [0.2, 0.25) is 0 Å². The summed E-state index contributed by atoms with van der Waals surface area (Å²) >= 11 is 0. The average molecular weight is 256 g/mol. The van der Waals surface area contributed by atoms with Gasteiger partial charge in [0.2, 0.25) is 0 Å². The lowest BCUT2D eigenvalue weighted by molar-refractivity contribution is 1.15. The normalized spacial score (nSPS) is 11.5. The number of anilines is 2. The van der Waals surface area contributed by atoms with Crippen molar-refractivity contribution < 1.29 is 0 Å². The molecule has 0 saturated carbocycles. The van der Waals surface area contributed by atoms with E-state index in [-0.39, 0.29) is 0 Å². The van der Waals surface area contributed by atoms with Gasteiger partial charge < -0.3 is 0 Å². The van der Waals surface area contributed by atoms with Gasteiger partial charge in [0.05, 0.1) is 24.3 Å². The third-order valence-corrected chi connectivity index (χ3v) is 1.90. The highest BCUT2D eigenvalue weighted by atomic mass is 15.3. The fraction of sp³-hybridized carbons (Fsp3) is 0.0909. The molecule has 0 fully saturated rings. The van der Waals surface area contributed by atoms with Crippen molar-refractivity contribution >= 4 is 23.6 Å². The number of hydrogen-bond acceptors (Lipinski definition) is 8. The number of nitrogens with one attached hydrogen (secondary N) is 2. The number of hydrazone groups is 2. The van der Waals surface area contributed by atoms with E-state index in [0.717, 1.165) is 0 Å². The molecule has 0 unspecified atom stereocenters. The molecule has 0 aliphatic carbocycles. The van der Waals surface area contributed by atoms with Crippen LogP contribution in [0.25, 0.3) is 0 Å². The fourth-order valence-electron chi connectivity index (χ4n) is 1.08. The van der Waals surface area contributed by atoms with Crippen LogP contribution in [-0.2, 0) is 0 Å². The van der Waals surface area contributed by atoms with Gasteiger partial charge in [0.25, 0.3) is 0 Å². The highest BCUT2D eigenvalue weighted by Gasteiger charge is 1.90. The number of aromatic nitrogens is 4. The minimum absolute atomic E-state index is 0.563. The first-order chi connectivity index (χ1) is 9.34. The molecule has 0 bridgehead atoms. The molecule has 2 aromatic rings.